The Bertz CT molecular complexity index is 877. The van der Waals surface area contributed by atoms with Crippen LogP contribution in [0.5, 0.6) is 0 Å². The van der Waals surface area contributed by atoms with Gasteiger partial charge in [0, 0.05) is 16.3 Å². The molecule has 0 aliphatic carbocycles. The van der Waals surface area contributed by atoms with Crippen LogP contribution in [0.25, 0.3) is 0 Å². The Kier molecular flexibility index (Phi) is 4.72. The topological polar surface area (TPSA) is 42.0 Å². The first-order valence-electron chi connectivity index (χ1n) is 6.80. The summed E-state index contributed by atoms with van der Waals surface area (Å²) in [7, 11) is 0. The Morgan fingerprint density at radius 1 is 1.04 bits per heavy atom. The standard InChI is InChI=1S/C18H11ClN2OS/c19-14-7-9-15(10-8-14)21-18(22)16-12-20-17(23-16)11-6-13-4-2-1-3-5-13/h1-5,7-10,12H,(H,21,22). The number of hydrogen-bond acceptors (Lipinski definition) is 3. The number of halogens is 1. The van der Waals surface area contributed by atoms with Gasteiger partial charge in [-0.3, -0.25) is 4.79 Å². The van der Waals surface area contributed by atoms with E-state index in [0.717, 1.165) is 5.56 Å². The molecule has 1 heterocycles. The van der Waals surface area contributed by atoms with Crippen molar-refractivity contribution < 1.29 is 4.79 Å². The van der Waals surface area contributed by atoms with Crippen LogP contribution in [0.2, 0.25) is 5.02 Å². The fourth-order valence-electron chi connectivity index (χ4n) is 1.81. The van der Waals surface area contributed by atoms with Gasteiger partial charge >= 0.3 is 0 Å². The van der Waals surface area contributed by atoms with Crippen LogP contribution < -0.4 is 5.32 Å². The highest BCUT2D eigenvalue weighted by Crippen LogP contribution is 2.17. The van der Waals surface area contributed by atoms with E-state index in [1.807, 2.05) is 30.3 Å². The molecule has 1 aromatic heterocycles. The van der Waals surface area contributed by atoms with Crippen molar-refractivity contribution in [2.45, 2.75) is 0 Å². The van der Waals surface area contributed by atoms with E-state index in [9.17, 15) is 4.79 Å². The first kappa shape index (κ1) is 15.3. The smallest absolute Gasteiger partial charge is 0.267 e. The van der Waals surface area contributed by atoms with Crippen molar-refractivity contribution in [2.75, 3.05) is 5.32 Å². The van der Waals surface area contributed by atoms with Crippen LogP contribution in [0, 0.1) is 11.8 Å². The van der Waals surface area contributed by atoms with Crippen molar-refractivity contribution >= 4 is 34.5 Å². The number of anilines is 1. The number of amides is 1. The molecule has 0 atom stereocenters. The minimum Gasteiger partial charge on any atom is -0.321 e. The third kappa shape index (κ3) is 4.19. The van der Waals surface area contributed by atoms with Gasteiger partial charge in [-0.1, -0.05) is 35.7 Å². The number of rotatable bonds is 2. The largest absolute Gasteiger partial charge is 0.321 e. The maximum atomic E-state index is 12.2. The lowest BCUT2D eigenvalue weighted by Gasteiger charge is -2.02. The fourth-order valence-corrected chi connectivity index (χ4v) is 2.60. The van der Waals surface area contributed by atoms with Crippen LogP contribution in [0.3, 0.4) is 0 Å². The van der Waals surface area contributed by atoms with Crippen molar-refractivity contribution in [1.82, 2.24) is 4.98 Å². The lowest BCUT2D eigenvalue weighted by atomic mass is 10.2. The molecule has 0 unspecified atom stereocenters. The van der Waals surface area contributed by atoms with E-state index in [2.05, 4.69) is 22.1 Å². The summed E-state index contributed by atoms with van der Waals surface area (Å²) in [5, 5.41) is 4.03. The second kappa shape index (κ2) is 7.10. The van der Waals surface area contributed by atoms with Gasteiger partial charge in [0.15, 0.2) is 5.01 Å². The number of carbonyl (C=O) groups is 1. The second-order valence-corrected chi connectivity index (χ2v) is 6.07. The molecule has 0 radical (unpaired) electrons. The molecule has 3 nitrogen and oxygen atoms in total. The molecule has 5 heteroatoms. The fraction of sp³-hybridized carbons (Fsp3) is 0. The van der Waals surface area contributed by atoms with Gasteiger partial charge in [-0.15, -0.1) is 11.3 Å². The zero-order valence-corrected chi connectivity index (χ0v) is 13.5. The Labute approximate surface area is 143 Å². The maximum absolute atomic E-state index is 12.2. The van der Waals surface area contributed by atoms with Gasteiger partial charge in [-0.2, -0.15) is 0 Å². The second-order valence-electron chi connectivity index (χ2n) is 4.61. The molecule has 112 valence electrons. The highest BCUT2D eigenvalue weighted by atomic mass is 35.5. The summed E-state index contributed by atoms with van der Waals surface area (Å²) < 4.78 is 0. The molecular weight excluding hydrogens is 328 g/mol. The summed E-state index contributed by atoms with van der Waals surface area (Å²) in [5.41, 5.74) is 1.60. The highest BCUT2D eigenvalue weighted by Gasteiger charge is 2.10. The average molecular weight is 339 g/mol. The summed E-state index contributed by atoms with van der Waals surface area (Å²) in [6.45, 7) is 0. The van der Waals surface area contributed by atoms with Gasteiger partial charge in [-0.05, 0) is 42.3 Å². The molecular formula is C18H11ClN2OS. The number of nitrogens with zero attached hydrogens (tertiary/aromatic N) is 1. The molecule has 3 rings (SSSR count). The Hall–Kier alpha value is -2.61. The third-order valence-corrected chi connectivity index (χ3v) is 4.08. The molecule has 0 aliphatic heterocycles. The summed E-state index contributed by atoms with van der Waals surface area (Å²) in [4.78, 5) is 16.8. The number of hydrogen-bond donors (Lipinski definition) is 1. The van der Waals surface area contributed by atoms with Gasteiger partial charge in [-0.25, -0.2) is 4.98 Å². The molecule has 0 saturated heterocycles. The lowest BCUT2D eigenvalue weighted by molar-refractivity contribution is 0.103. The van der Waals surface area contributed by atoms with Crippen molar-refractivity contribution in [2.24, 2.45) is 0 Å². The summed E-state index contributed by atoms with van der Waals surface area (Å²) in [5.74, 6) is 5.78. The van der Waals surface area contributed by atoms with Crippen LogP contribution in [0.4, 0.5) is 5.69 Å². The normalized spacial score (nSPS) is 9.78. The molecule has 2 aromatic carbocycles. The number of carbonyl (C=O) groups excluding carboxylic acids is 1. The number of aromatic nitrogens is 1. The minimum absolute atomic E-state index is 0.211. The maximum Gasteiger partial charge on any atom is 0.267 e. The molecule has 1 N–H and O–H groups in total. The van der Waals surface area contributed by atoms with Crippen molar-refractivity contribution in [3.8, 4) is 11.8 Å². The van der Waals surface area contributed by atoms with Crippen molar-refractivity contribution in [3.63, 3.8) is 0 Å². The monoisotopic (exact) mass is 338 g/mol. The molecule has 23 heavy (non-hydrogen) atoms. The van der Waals surface area contributed by atoms with E-state index in [0.29, 0.717) is 20.6 Å². The molecule has 0 bridgehead atoms. The quantitative estimate of drug-likeness (QED) is 0.701. The first-order chi connectivity index (χ1) is 11.2. The minimum atomic E-state index is -0.211. The Balaban J connectivity index is 1.70. The van der Waals surface area contributed by atoms with Gasteiger partial charge in [0.05, 0.1) is 6.20 Å². The lowest BCUT2D eigenvalue weighted by Crippen LogP contribution is -2.09. The SMILES string of the molecule is O=C(Nc1ccc(Cl)cc1)c1cnc(C#Cc2ccccc2)s1. The van der Waals surface area contributed by atoms with E-state index < -0.39 is 0 Å². The van der Waals surface area contributed by atoms with Gasteiger partial charge in [0.25, 0.3) is 5.91 Å². The van der Waals surface area contributed by atoms with E-state index in [-0.39, 0.29) is 5.91 Å². The zero-order chi connectivity index (χ0) is 16.1. The number of benzene rings is 2. The van der Waals surface area contributed by atoms with Crippen molar-refractivity contribution in [3.05, 3.63) is 81.3 Å². The first-order valence-corrected chi connectivity index (χ1v) is 8.00. The summed E-state index contributed by atoms with van der Waals surface area (Å²) >= 11 is 7.08. The van der Waals surface area contributed by atoms with E-state index in [1.165, 1.54) is 17.5 Å². The van der Waals surface area contributed by atoms with Gasteiger partial charge in [0.1, 0.15) is 4.88 Å². The predicted molar refractivity (Wildman–Crippen MR) is 93.9 cm³/mol. The van der Waals surface area contributed by atoms with Crippen LogP contribution in [-0.2, 0) is 0 Å². The molecule has 0 fully saturated rings. The van der Waals surface area contributed by atoms with Crippen molar-refractivity contribution in [1.29, 1.82) is 0 Å². The average Bonchev–Trinajstić information content (AvgIpc) is 3.05. The van der Waals surface area contributed by atoms with Gasteiger partial charge in [0.2, 0.25) is 0 Å². The van der Waals surface area contributed by atoms with Crippen LogP contribution >= 0.6 is 22.9 Å². The number of nitrogens with one attached hydrogen (secondary N) is 1. The Morgan fingerprint density at radius 3 is 2.52 bits per heavy atom. The summed E-state index contributed by atoms with van der Waals surface area (Å²) in [6, 6.07) is 16.6. The molecule has 0 spiro atoms. The van der Waals surface area contributed by atoms with Crippen LogP contribution in [-0.4, -0.2) is 10.9 Å². The number of thiazole rings is 1. The third-order valence-electron chi connectivity index (χ3n) is 2.92. The van der Waals surface area contributed by atoms with Crippen LogP contribution in [0.15, 0.2) is 60.8 Å². The zero-order valence-electron chi connectivity index (χ0n) is 11.9. The highest BCUT2D eigenvalue weighted by molar-refractivity contribution is 7.14. The molecule has 1 amide bonds. The van der Waals surface area contributed by atoms with E-state index in [1.54, 1.807) is 24.3 Å². The summed E-state index contributed by atoms with van der Waals surface area (Å²) in [6.07, 6.45) is 1.53. The predicted octanol–water partition coefficient (Wildman–Crippen LogP) is 4.45. The van der Waals surface area contributed by atoms with Crippen LogP contribution in [0.1, 0.15) is 20.2 Å². The molecule has 3 aromatic rings. The molecule has 0 saturated carbocycles. The molecule has 0 aliphatic rings. The van der Waals surface area contributed by atoms with Gasteiger partial charge < -0.3 is 5.32 Å². The Morgan fingerprint density at radius 2 is 1.78 bits per heavy atom. The van der Waals surface area contributed by atoms with E-state index in [4.69, 9.17) is 11.6 Å². The van der Waals surface area contributed by atoms with E-state index >= 15 is 0 Å².